The molecule has 3 heteroatoms. The molecular weight excluding hydrogens is 811 g/mol. The zero-order valence-electron chi connectivity index (χ0n) is 36.6. The van der Waals surface area contributed by atoms with Crippen LogP contribution in [0.4, 0.5) is 0 Å². The van der Waals surface area contributed by atoms with E-state index in [1.807, 2.05) is 30.3 Å². The predicted octanol–water partition coefficient (Wildman–Crippen LogP) is 16.8. The zero-order chi connectivity index (χ0) is 44.7. The number of nitrogens with zero attached hydrogens (tertiary/aromatic N) is 2. The average Bonchev–Trinajstić information content (AvgIpc) is 3.73. The summed E-state index contributed by atoms with van der Waals surface area (Å²) < 4.78 is 2.35. The number of para-hydroxylation sites is 2. The molecule has 0 aliphatic heterocycles. The molecule has 12 aromatic rings. The first-order valence-electron chi connectivity index (χ1n) is 22.8. The van der Waals surface area contributed by atoms with Gasteiger partial charge in [0.1, 0.15) is 0 Å². The number of allylic oxidation sites excluding steroid dienone is 1. The van der Waals surface area contributed by atoms with E-state index in [0.717, 1.165) is 50.1 Å². The van der Waals surface area contributed by atoms with Gasteiger partial charge in [0.25, 0.3) is 0 Å². The van der Waals surface area contributed by atoms with Crippen molar-refractivity contribution in [3.63, 3.8) is 0 Å². The van der Waals surface area contributed by atoms with Crippen molar-refractivity contribution in [1.82, 2.24) is 4.57 Å². The van der Waals surface area contributed by atoms with Crippen molar-refractivity contribution < 1.29 is 0 Å². The first kappa shape index (κ1) is 39.7. The van der Waals surface area contributed by atoms with Crippen LogP contribution < -0.4 is 0 Å². The van der Waals surface area contributed by atoms with Gasteiger partial charge in [0.05, 0.1) is 16.7 Å². The van der Waals surface area contributed by atoms with Crippen LogP contribution in [0.3, 0.4) is 0 Å². The second-order valence-corrected chi connectivity index (χ2v) is 17.1. The molecule has 0 bridgehead atoms. The number of amidine groups is 1. The highest BCUT2D eigenvalue weighted by atomic mass is 15.0. The molecule has 314 valence electrons. The number of aliphatic imine (C=N–C) groups is 1. The van der Waals surface area contributed by atoms with Crippen molar-refractivity contribution in [3.8, 4) is 39.1 Å². The Kier molecular flexibility index (Phi) is 10.00. The fourth-order valence-corrected chi connectivity index (χ4v) is 9.84. The lowest BCUT2D eigenvalue weighted by atomic mass is 9.89. The SMILES string of the molecule is N=C(N=C(/C=C/c1ccc(-c2ccc(-c3c4ccccc4cc4c3ccc3ccccc34)cc2)cc1)c1ccccc1-c1ccc2c3ccccc3n(-c3ccccc3)c2c1)c1ccccc1. The summed E-state index contributed by atoms with van der Waals surface area (Å²) in [6, 6.07) is 86.0. The molecule has 1 aromatic heterocycles. The summed E-state index contributed by atoms with van der Waals surface area (Å²) in [4.78, 5) is 5.04. The molecule has 67 heavy (non-hydrogen) atoms. The first-order valence-corrected chi connectivity index (χ1v) is 22.8. The Bertz CT molecular complexity index is 3900. The summed E-state index contributed by atoms with van der Waals surface area (Å²) in [5, 5.41) is 19.1. The predicted molar refractivity (Wildman–Crippen MR) is 285 cm³/mol. The molecule has 0 radical (unpaired) electrons. The van der Waals surface area contributed by atoms with E-state index in [1.165, 1.54) is 59.7 Å². The summed E-state index contributed by atoms with van der Waals surface area (Å²) in [7, 11) is 0. The van der Waals surface area contributed by atoms with E-state index in [0.29, 0.717) is 5.71 Å². The third-order valence-corrected chi connectivity index (χ3v) is 13.1. The lowest BCUT2D eigenvalue weighted by Crippen LogP contribution is -2.05. The van der Waals surface area contributed by atoms with E-state index >= 15 is 0 Å². The van der Waals surface area contributed by atoms with Crippen LogP contribution >= 0.6 is 0 Å². The van der Waals surface area contributed by atoms with Gasteiger partial charge in [-0.3, -0.25) is 5.41 Å². The topological polar surface area (TPSA) is 41.1 Å². The highest BCUT2D eigenvalue weighted by molar-refractivity contribution is 6.21. The first-order chi connectivity index (χ1) is 33.1. The van der Waals surface area contributed by atoms with Gasteiger partial charge in [-0.25, -0.2) is 4.99 Å². The van der Waals surface area contributed by atoms with E-state index in [2.05, 4.69) is 229 Å². The van der Waals surface area contributed by atoms with Crippen LogP contribution in [-0.2, 0) is 0 Å². The maximum atomic E-state index is 9.14. The highest BCUT2D eigenvalue weighted by Gasteiger charge is 2.17. The number of rotatable bonds is 8. The molecule has 1 heterocycles. The minimum Gasteiger partial charge on any atom is -0.309 e. The summed E-state index contributed by atoms with van der Waals surface area (Å²) in [6.45, 7) is 0. The molecule has 0 unspecified atom stereocenters. The Balaban J connectivity index is 0.893. The maximum absolute atomic E-state index is 9.14. The zero-order valence-corrected chi connectivity index (χ0v) is 36.6. The summed E-state index contributed by atoms with van der Waals surface area (Å²) >= 11 is 0. The van der Waals surface area contributed by atoms with E-state index < -0.39 is 0 Å². The average molecular weight is 854 g/mol. The molecule has 0 saturated carbocycles. The molecule has 3 nitrogen and oxygen atoms in total. The Labute approximate surface area is 389 Å². The van der Waals surface area contributed by atoms with Crippen LogP contribution in [0.25, 0.3) is 99.3 Å². The van der Waals surface area contributed by atoms with Crippen LogP contribution in [0.5, 0.6) is 0 Å². The van der Waals surface area contributed by atoms with E-state index in [4.69, 9.17) is 10.4 Å². The highest BCUT2D eigenvalue weighted by Crippen LogP contribution is 2.40. The smallest absolute Gasteiger partial charge is 0.152 e. The fourth-order valence-electron chi connectivity index (χ4n) is 9.84. The second-order valence-electron chi connectivity index (χ2n) is 17.1. The summed E-state index contributed by atoms with van der Waals surface area (Å²) in [5.41, 5.74) is 13.8. The Morgan fingerprint density at radius 3 is 1.78 bits per heavy atom. The lowest BCUT2D eigenvalue weighted by molar-refractivity contribution is 1.18. The third-order valence-electron chi connectivity index (χ3n) is 13.1. The number of benzene rings is 11. The molecule has 11 aromatic carbocycles. The Morgan fingerprint density at radius 2 is 0.985 bits per heavy atom. The summed E-state index contributed by atoms with van der Waals surface area (Å²) in [5.74, 6) is 0.207. The molecular formula is C64H43N3. The molecule has 0 amide bonds. The minimum atomic E-state index is 0.207. The van der Waals surface area contributed by atoms with Crippen molar-refractivity contribution in [2.45, 2.75) is 0 Å². The van der Waals surface area contributed by atoms with E-state index in [-0.39, 0.29) is 5.84 Å². The summed E-state index contributed by atoms with van der Waals surface area (Å²) in [6.07, 6.45) is 4.16. The minimum absolute atomic E-state index is 0.207. The number of hydrogen-bond acceptors (Lipinski definition) is 1. The van der Waals surface area contributed by atoms with Crippen LogP contribution in [0.1, 0.15) is 16.7 Å². The number of fused-ring (bicyclic) bond motifs is 7. The molecule has 1 N–H and O–H groups in total. The molecule has 0 aliphatic rings. The molecule has 0 saturated heterocycles. The lowest BCUT2D eigenvalue weighted by Gasteiger charge is -2.14. The van der Waals surface area contributed by atoms with Crippen LogP contribution in [0.15, 0.2) is 254 Å². The van der Waals surface area contributed by atoms with Crippen molar-refractivity contribution in [1.29, 1.82) is 5.41 Å². The van der Waals surface area contributed by atoms with Gasteiger partial charge in [-0.05, 0) is 108 Å². The van der Waals surface area contributed by atoms with Crippen LogP contribution in [-0.4, -0.2) is 16.1 Å². The third kappa shape index (κ3) is 7.29. The molecule has 0 atom stereocenters. The van der Waals surface area contributed by atoms with Crippen LogP contribution in [0, 0.1) is 5.41 Å². The van der Waals surface area contributed by atoms with Gasteiger partial charge in [0, 0.05) is 27.6 Å². The number of aromatic nitrogens is 1. The van der Waals surface area contributed by atoms with Gasteiger partial charge in [-0.1, -0.05) is 218 Å². The normalized spacial score (nSPS) is 12.0. The van der Waals surface area contributed by atoms with Gasteiger partial charge in [0.2, 0.25) is 0 Å². The second kappa shape index (κ2) is 16.9. The van der Waals surface area contributed by atoms with Gasteiger partial charge >= 0.3 is 0 Å². The van der Waals surface area contributed by atoms with Gasteiger partial charge in [-0.15, -0.1) is 0 Å². The quantitative estimate of drug-likeness (QED) is 0.0685. The van der Waals surface area contributed by atoms with Gasteiger partial charge in [0.15, 0.2) is 5.84 Å². The largest absolute Gasteiger partial charge is 0.309 e. The van der Waals surface area contributed by atoms with E-state index in [1.54, 1.807) is 0 Å². The van der Waals surface area contributed by atoms with Crippen molar-refractivity contribution in [2.24, 2.45) is 4.99 Å². The van der Waals surface area contributed by atoms with Crippen molar-refractivity contribution in [2.75, 3.05) is 0 Å². The molecule has 0 fully saturated rings. The van der Waals surface area contributed by atoms with Crippen LogP contribution in [0.2, 0.25) is 0 Å². The van der Waals surface area contributed by atoms with Gasteiger partial charge in [-0.2, -0.15) is 0 Å². The monoisotopic (exact) mass is 853 g/mol. The molecule has 12 rings (SSSR count). The number of hydrogen-bond donors (Lipinski definition) is 1. The van der Waals surface area contributed by atoms with Crippen molar-refractivity contribution >= 4 is 71.7 Å². The number of nitrogens with one attached hydrogen (secondary N) is 1. The molecule has 0 spiro atoms. The van der Waals surface area contributed by atoms with Gasteiger partial charge < -0.3 is 4.57 Å². The molecule has 0 aliphatic carbocycles. The Hall–Kier alpha value is -8.92. The maximum Gasteiger partial charge on any atom is 0.152 e. The Morgan fingerprint density at radius 1 is 0.403 bits per heavy atom. The van der Waals surface area contributed by atoms with E-state index in [9.17, 15) is 0 Å². The van der Waals surface area contributed by atoms with Crippen molar-refractivity contribution in [3.05, 3.63) is 265 Å². The standard InChI is InChI=1S/C64H43N3/c65-64(48-16-3-1-4-17-48)66-60(55-24-12-11-22-53(55)50-37-38-57-56-25-13-14-26-61(56)67(62(57)42-50)51-19-5-2-6-20-51)40-29-43-27-30-44(31-28-43)45-32-34-47(35-33-45)63-54-23-10-8-18-49(54)41-59-52-21-9-7-15-46(52)36-39-58(59)63/h1-42,65H/b40-29+,65-64?,66-60?. The fraction of sp³-hybridized carbons (Fsp3) is 0.